The smallest absolute Gasteiger partial charge is 0.311 e. The maximum Gasteiger partial charge on any atom is 0.311 e. The first-order valence-electron chi connectivity index (χ1n) is 15.3. The summed E-state index contributed by atoms with van der Waals surface area (Å²) < 4.78 is 5.43. The maximum atomic E-state index is 12.6. The Morgan fingerprint density at radius 2 is 1.74 bits per heavy atom. The molecule has 3 N–H and O–H groups in total. The molecule has 5 atom stereocenters. The molecule has 0 bridgehead atoms. The Kier molecular flexibility index (Phi) is 13.5. The van der Waals surface area contributed by atoms with Crippen LogP contribution in [0.15, 0.2) is 54.6 Å². The van der Waals surface area contributed by atoms with Gasteiger partial charge in [0.15, 0.2) is 0 Å². The summed E-state index contributed by atoms with van der Waals surface area (Å²) in [5, 5.41) is 24.1. The molecule has 0 aliphatic heterocycles. The van der Waals surface area contributed by atoms with E-state index in [1.165, 1.54) is 0 Å². The molecule has 3 rings (SSSR count). The van der Waals surface area contributed by atoms with E-state index in [-0.39, 0.29) is 41.2 Å². The second-order valence-corrected chi connectivity index (χ2v) is 13.0. The molecule has 1 fully saturated rings. The van der Waals surface area contributed by atoms with Gasteiger partial charge in [-0.05, 0) is 68.5 Å². The van der Waals surface area contributed by atoms with Crippen molar-refractivity contribution in [3.05, 3.63) is 60.2 Å². The number of ether oxygens (including phenoxy) is 1. The number of unbranched alkanes of at least 4 members (excludes halogenated alkanes) is 4. The summed E-state index contributed by atoms with van der Waals surface area (Å²) in [6, 6.07) is 15.7. The third-order valence-electron chi connectivity index (χ3n) is 8.25. The highest BCUT2D eigenvalue weighted by atomic mass is 32.2. The van der Waals surface area contributed by atoms with E-state index in [1.807, 2.05) is 13.0 Å². The van der Waals surface area contributed by atoms with Gasteiger partial charge >= 0.3 is 5.97 Å². The minimum absolute atomic E-state index is 0.118. The fourth-order valence-corrected chi connectivity index (χ4v) is 6.93. The third-order valence-corrected chi connectivity index (χ3v) is 10.0. The van der Waals surface area contributed by atoms with Gasteiger partial charge in [0.25, 0.3) is 5.91 Å². The number of aliphatic hydroxyl groups is 2. The van der Waals surface area contributed by atoms with Crippen LogP contribution in [0.4, 0.5) is 5.69 Å². The Morgan fingerprint density at radius 3 is 2.43 bits per heavy atom. The summed E-state index contributed by atoms with van der Waals surface area (Å²) in [7, 11) is 0. The van der Waals surface area contributed by atoms with Crippen molar-refractivity contribution < 1.29 is 29.3 Å². The quantitative estimate of drug-likeness (QED) is 0.104. The summed E-state index contributed by atoms with van der Waals surface area (Å²) in [5.74, 6) is 0.529. The molecule has 0 heterocycles. The lowest BCUT2D eigenvalue weighted by atomic mass is 9.88. The molecule has 7 nitrogen and oxygen atoms in total. The van der Waals surface area contributed by atoms with Crippen LogP contribution in [-0.4, -0.2) is 50.6 Å². The number of carbonyl (C=O) groups is 3. The van der Waals surface area contributed by atoms with E-state index < -0.39 is 11.7 Å². The monoisotopic (exact) mass is 597 g/mol. The van der Waals surface area contributed by atoms with E-state index in [1.54, 1.807) is 60.3 Å². The van der Waals surface area contributed by atoms with Crippen molar-refractivity contribution in [3.63, 3.8) is 0 Å². The van der Waals surface area contributed by atoms with E-state index in [4.69, 9.17) is 4.74 Å². The molecule has 0 saturated heterocycles. The first-order valence-corrected chi connectivity index (χ1v) is 16.4. The van der Waals surface area contributed by atoms with E-state index in [9.17, 15) is 24.6 Å². The average Bonchev–Trinajstić information content (AvgIpc) is 3.25. The fourth-order valence-electron chi connectivity index (χ4n) is 5.27. The van der Waals surface area contributed by atoms with E-state index in [0.717, 1.165) is 44.9 Å². The Balaban J connectivity index is 1.33. The molecule has 2 aromatic carbocycles. The number of rotatable bonds is 17. The van der Waals surface area contributed by atoms with Crippen molar-refractivity contribution in [3.8, 4) is 5.75 Å². The zero-order valence-corrected chi connectivity index (χ0v) is 26.0. The predicted octanol–water partition coefficient (Wildman–Crippen LogP) is 6.81. The summed E-state index contributed by atoms with van der Waals surface area (Å²) in [4.78, 5) is 37.2. The Bertz CT molecular complexity index is 1140. The lowest BCUT2D eigenvalue weighted by Crippen LogP contribution is -2.37. The molecule has 1 saturated carbocycles. The number of thioether (sulfide) groups is 1. The van der Waals surface area contributed by atoms with Gasteiger partial charge < -0.3 is 20.3 Å². The van der Waals surface area contributed by atoms with Crippen LogP contribution in [0, 0.1) is 11.8 Å². The van der Waals surface area contributed by atoms with E-state index in [2.05, 4.69) is 19.2 Å². The number of hydrogen-bond donors (Lipinski definition) is 3. The molecule has 230 valence electrons. The molecular formula is C34H47NO6S. The molecule has 2 aromatic rings. The zero-order valence-electron chi connectivity index (χ0n) is 25.2. The summed E-state index contributed by atoms with van der Waals surface area (Å²) >= 11 is 1.55. The first-order chi connectivity index (χ1) is 20.1. The minimum Gasteiger partial charge on any atom is -0.427 e. The molecule has 42 heavy (non-hydrogen) atoms. The van der Waals surface area contributed by atoms with Gasteiger partial charge in [-0.3, -0.25) is 14.4 Å². The molecule has 0 spiro atoms. The maximum absolute atomic E-state index is 12.6. The molecule has 0 radical (unpaired) electrons. The molecular weight excluding hydrogens is 550 g/mol. The number of Topliss-reactive ketones (excluding diaryl/α,β-unsaturated/α-hetero) is 1. The molecule has 1 aliphatic carbocycles. The van der Waals surface area contributed by atoms with E-state index >= 15 is 0 Å². The van der Waals surface area contributed by atoms with Crippen LogP contribution in [0.25, 0.3) is 0 Å². The van der Waals surface area contributed by atoms with Crippen molar-refractivity contribution in [2.75, 3.05) is 11.1 Å². The number of aliphatic hydroxyl groups excluding tert-OH is 1. The number of ketones is 1. The number of amides is 1. The van der Waals surface area contributed by atoms with Crippen LogP contribution < -0.4 is 10.1 Å². The highest BCUT2D eigenvalue weighted by molar-refractivity contribution is 8.00. The second-order valence-electron chi connectivity index (χ2n) is 11.8. The number of hydrogen-bond acceptors (Lipinski definition) is 7. The zero-order chi connectivity index (χ0) is 30.5. The van der Waals surface area contributed by atoms with Gasteiger partial charge in [0.05, 0.1) is 11.7 Å². The molecule has 8 heteroatoms. The van der Waals surface area contributed by atoms with Gasteiger partial charge in [-0.2, -0.15) is 11.8 Å². The van der Waals surface area contributed by atoms with Crippen LogP contribution in [0.1, 0.15) is 95.3 Å². The third kappa shape index (κ3) is 10.5. The number of nitrogens with one attached hydrogen (secondary N) is 1. The van der Waals surface area contributed by atoms with Crippen LogP contribution in [0.3, 0.4) is 0 Å². The molecule has 1 aliphatic rings. The number of benzene rings is 2. The van der Waals surface area contributed by atoms with Crippen molar-refractivity contribution in [2.45, 2.75) is 102 Å². The van der Waals surface area contributed by atoms with E-state index in [0.29, 0.717) is 35.6 Å². The van der Waals surface area contributed by atoms with Crippen LogP contribution in [0.5, 0.6) is 5.75 Å². The average molecular weight is 598 g/mol. The van der Waals surface area contributed by atoms with Gasteiger partial charge in [0, 0.05) is 41.0 Å². The normalized spacial score (nSPS) is 20.6. The standard InChI is InChI=1S/C34H47NO6S/c1-4-5-13-24(2)34(3,40)23-42-32-28(29(36)22-30(32)37)16-11-6-7-12-17-31(38)41-27-20-18-26(19-21-27)35-33(39)25-14-9-8-10-15-25/h8-10,14-15,18-21,24,28,30,32,37,40H,4-7,11-13,16-17,22-23H2,1-3H3,(H,35,39)/t24?,28-,30+,32+,34?/m0/s1. The van der Waals surface area contributed by atoms with Crippen molar-refractivity contribution in [1.29, 1.82) is 0 Å². The SMILES string of the molecule is CCCCC(C)C(C)(O)CS[C@H]1[C@H](O)CC(=O)[C@@H]1CCCCCCC(=O)Oc1ccc(NC(=O)c2ccccc2)cc1. The number of esters is 1. The summed E-state index contributed by atoms with van der Waals surface area (Å²) in [5.41, 5.74) is 0.353. The van der Waals surface area contributed by atoms with Gasteiger partial charge in [-0.1, -0.05) is 64.2 Å². The van der Waals surface area contributed by atoms with Crippen molar-refractivity contribution in [2.24, 2.45) is 11.8 Å². The Morgan fingerprint density at radius 1 is 1.05 bits per heavy atom. The molecule has 0 aromatic heterocycles. The van der Waals surface area contributed by atoms with Gasteiger partial charge in [0.2, 0.25) is 0 Å². The van der Waals surface area contributed by atoms with Crippen LogP contribution >= 0.6 is 11.8 Å². The minimum atomic E-state index is -0.829. The first kappa shape index (κ1) is 33.8. The summed E-state index contributed by atoms with van der Waals surface area (Å²) in [6.45, 7) is 6.08. The topological polar surface area (TPSA) is 113 Å². The highest BCUT2D eigenvalue weighted by Crippen LogP contribution is 2.39. The predicted molar refractivity (Wildman–Crippen MR) is 169 cm³/mol. The number of anilines is 1. The Hall–Kier alpha value is -2.68. The van der Waals surface area contributed by atoms with Crippen LogP contribution in [0.2, 0.25) is 0 Å². The summed E-state index contributed by atoms with van der Waals surface area (Å²) in [6.07, 6.45) is 7.01. The van der Waals surface area contributed by atoms with Gasteiger partial charge in [-0.15, -0.1) is 0 Å². The number of carbonyl (C=O) groups excluding carboxylic acids is 3. The molecule has 2 unspecified atom stereocenters. The fraction of sp³-hybridized carbons (Fsp3) is 0.559. The van der Waals surface area contributed by atoms with Gasteiger partial charge in [0.1, 0.15) is 11.5 Å². The lowest BCUT2D eigenvalue weighted by molar-refractivity contribution is -0.134. The van der Waals surface area contributed by atoms with Crippen molar-refractivity contribution >= 4 is 35.1 Å². The largest absolute Gasteiger partial charge is 0.427 e. The van der Waals surface area contributed by atoms with Crippen molar-refractivity contribution in [1.82, 2.24) is 0 Å². The van der Waals surface area contributed by atoms with Gasteiger partial charge in [-0.25, -0.2) is 0 Å². The lowest BCUT2D eigenvalue weighted by Gasteiger charge is -2.32. The highest BCUT2D eigenvalue weighted by Gasteiger charge is 2.42. The van der Waals surface area contributed by atoms with Crippen LogP contribution in [-0.2, 0) is 9.59 Å². The Labute approximate surface area is 254 Å². The molecule has 1 amide bonds. The second kappa shape index (κ2) is 16.8.